The molecule has 4 heteroatoms. The number of carbonyl (C=O) groups excluding carboxylic acids is 1. The second-order valence-corrected chi connectivity index (χ2v) is 7.37. The lowest BCUT2D eigenvalue weighted by molar-refractivity contribution is -0.122. The van der Waals surface area contributed by atoms with Crippen LogP contribution < -0.4 is 5.32 Å². The maximum absolute atomic E-state index is 12.3. The molecule has 2 aromatic rings. The lowest BCUT2D eigenvalue weighted by Crippen LogP contribution is -2.52. The highest BCUT2D eigenvalue weighted by Gasteiger charge is 2.48. The van der Waals surface area contributed by atoms with E-state index in [-0.39, 0.29) is 17.4 Å². The number of likely N-dealkylation sites (tertiary alicyclic amines) is 1. The minimum Gasteiger partial charge on any atom is -0.349 e. The van der Waals surface area contributed by atoms with E-state index in [1.807, 2.05) is 12.3 Å². The van der Waals surface area contributed by atoms with Gasteiger partial charge in [0.2, 0.25) is 5.91 Å². The van der Waals surface area contributed by atoms with Crippen LogP contribution >= 0.6 is 0 Å². The Hall–Kier alpha value is -2.20. The lowest BCUT2D eigenvalue weighted by atomic mass is 9.81. The molecule has 4 rings (SSSR count). The maximum Gasteiger partial charge on any atom is 0.220 e. The minimum atomic E-state index is -0.184. The number of nitrogens with one attached hydrogen (secondary N) is 1. The number of aromatic nitrogens is 1. The smallest absolute Gasteiger partial charge is 0.220 e. The molecule has 1 aromatic heterocycles. The van der Waals surface area contributed by atoms with Crippen molar-refractivity contribution in [2.24, 2.45) is 0 Å². The van der Waals surface area contributed by atoms with Gasteiger partial charge in [-0.2, -0.15) is 0 Å². The van der Waals surface area contributed by atoms with Crippen molar-refractivity contribution in [1.82, 2.24) is 15.2 Å². The van der Waals surface area contributed by atoms with Gasteiger partial charge in [-0.1, -0.05) is 42.8 Å². The summed E-state index contributed by atoms with van der Waals surface area (Å²) in [5.74, 6) is 0.444. The van der Waals surface area contributed by atoms with Crippen LogP contribution in [0.25, 0.3) is 0 Å². The number of pyridine rings is 1. The molecule has 2 saturated heterocycles. The molecule has 1 amide bonds. The molecule has 0 unspecified atom stereocenters. The molecule has 3 heterocycles. The van der Waals surface area contributed by atoms with Gasteiger partial charge in [0.05, 0.1) is 5.54 Å². The summed E-state index contributed by atoms with van der Waals surface area (Å²) in [5.41, 5.74) is 2.23. The lowest BCUT2D eigenvalue weighted by Gasteiger charge is -2.34. The Balaban J connectivity index is 1.63. The summed E-state index contributed by atoms with van der Waals surface area (Å²) < 4.78 is 0. The maximum atomic E-state index is 12.3. The van der Waals surface area contributed by atoms with Crippen LogP contribution in [-0.4, -0.2) is 34.4 Å². The Morgan fingerprint density at radius 1 is 1.12 bits per heavy atom. The van der Waals surface area contributed by atoms with Crippen molar-refractivity contribution in [2.45, 2.75) is 43.7 Å². The van der Waals surface area contributed by atoms with E-state index in [2.05, 4.69) is 57.7 Å². The van der Waals surface area contributed by atoms with E-state index in [0.717, 1.165) is 44.6 Å². The molecular weight excluding hydrogens is 310 g/mol. The number of hydrogen-bond acceptors (Lipinski definition) is 3. The highest BCUT2D eigenvalue weighted by molar-refractivity contribution is 5.77. The molecule has 1 spiro atoms. The Bertz CT molecular complexity index is 718. The molecule has 0 bridgehead atoms. The van der Waals surface area contributed by atoms with E-state index >= 15 is 0 Å². The van der Waals surface area contributed by atoms with Crippen molar-refractivity contribution < 1.29 is 4.79 Å². The van der Waals surface area contributed by atoms with E-state index in [1.54, 1.807) is 0 Å². The summed E-state index contributed by atoms with van der Waals surface area (Å²) in [6.07, 6.45) is 5.63. The first kappa shape index (κ1) is 16.3. The molecule has 4 nitrogen and oxygen atoms in total. The van der Waals surface area contributed by atoms with Crippen LogP contribution in [0.15, 0.2) is 54.7 Å². The van der Waals surface area contributed by atoms with Gasteiger partial charge in [-0.25, -0.2) is 0 Å². The summed E-state index contributed by atoms with van der Waals surface area (Å²) in [4.78, 5) is 19.4. The fourth-order valence-electron chi connectivity index (χ4n) is 4.44. The molecule has 2 atom stereocenters. The van der Waals surface area contributed by atoms with E-state index < -0.39 is 0 Å². The average molecular weight is 335 g/mol. The molecule has 130 valence electrons. The monoisotopic (exact) mass is 335 g/mol. The van der Waals surface area contributed by atoms with Gasteiger partial charge >= 0.3 is 0 Å². The molecule has 0 aliphatic carbocycles. The largest absolute Gasteiger partial charge is 0.349 e. The van der Waals surface area contributed by atoms with Crippen LogP contribution in [0, 0.1) is 0 Å². The zero-order valence-electron chi connectivity index (χ0n) is 14.5. The zero-order valence-corrected chi connectivity index (χ0v) is 14.5. The van der Waals surface area contributed by atoms with Gasteiger partial charge in [-0.05, 0) is 30.5 Å². The van der Waals surface area contributed by atoms with E-state index in [1.165, 1.54) is 5.56 Å². The predicted molar refractivity (Wildman–Crippen MR) is 98.0 cm³/mol. The van der Waals surface area contributed by atoms with Crippen molar-refractivity contribution in [1.29, 1.82) is 0 Å². The number of benzene rings is 1. The van der Waals surface area contributed by atoms with Crippen molar-refractivity contribution in [3.05, 3.63) is 66.0 Å². The van der Waals surface area contributed by atoms with Crippen LogP contribution in [0.1, 0.15) is 42.9 Å². The topological polar surface area (TPSA) is 45.2 Å². The summed E-state index contributed by atoms with van der Waals surface area (Å²) in [6.45, 7) is 2.75. The Labute approximate surface area is 149 Å². The number of amides is 1. The number of hydrogen-bond donors (Lipinski definition) is 1. The fraction of sp³-hybridized carbons (Fsp3) is 0.429. The first-order chi connectivity index (χ1) is 12.3. The van der Waals surface area contributed by atoms with Gasteiger partial charge in [-0.15, -0.1) is 0 Å². The zero-order chi connectivity index (χ0) is 17.1. The third-order valence-corrected chi connectivity index (χ3v) is 5.57. The van der Waals surface area contributed by atoms with E-state index in [0.29, 0.717) is 6.42 Å². The van der Waals surface area contributed by atoms with Crippen LogP contribution in [0.3, 0.4) is 0 Å². The fourth-order valence-corrected chi connectivity index (χ4v) is 4.44. The quantitative estimate of drug-likeness (QED) is 0.937. The number of rotatable bonds is 3. The van der Waals surface area contributed by atoms with Crippen molar-refractivity contribution in [2.75, 3.05) is 13.1 Å². The summed E-state index contributed by atoms with van der Waals surface area (Å²) in [6, 6.07) is 16.7. The molecule has 2 fully saturated rings. The van der Waals surface area contributed by atoms with E-state index in [4.69, 9.17) is 0 Å². The second-order valence-electron chi connectivity index (χ2n) is 7.37. The first-order valence-electron chi connectivity index (χ1n) is 9.23. The van der Waals surface area contributed by atoms with Gasteiger partial charge in [0.15, 0.2) is 0 Å². The Kier molecular flexibility index (Phi) is 4.53. The van der Waals surface area contributed by atoms with E-state index in [9.17, 15) is 4.79 Å². The average Bonchev–Trinajstić information content (AvgIpc) is 2.86. The van der Waals surface area contributed by atoms with Crippen LogP contribution in [0.2, 0.25) is 0 Å². The first-order valence-corrected chi connectivity index (χ1v) is 9.23. The molecule has 1 aromatic carbocycles. The molecule has 2 aliphatic heterocycles. The molecule has 1 N–H and O–H groups in total. The summed E-state index contributed by atoms with van der Waals surface area (Å²) in [5, 5.41) is 3.40. The number of carbonyl (C=O) groups is 1. The Morgan fingerprint density at radius 3 is 2.76 bits per heavy atom. The van der Waals surface area contributed by atoms with Crippen molar-refractivity contribution in [3.63, 3.8) is 0 Å². The minimum absolute atomic E-state index is 0.184. The van der Waals surface area contributed by atoms with Gasteiger partial charge in [0.25, 0.3) is 0 Å². The van der Waals surface area contributed by atoms with Gasteiger partial charge < -0.3 is 5.32 Å². The molecule has 0 radical (unpaired) electrons. The Morgan fingerprint density at radius 2 is 1.96 bits per heavy atom. The normalized spacial score (nSPS) is 27.2. The third-order valence-electron chi connectivity index (χ3n) is 5.57. The molecule has 0 saturated carbocycles. The third kappa shape index (κ3) is 3.45. The molecule has 2 aliphatic rings. The van der Waals surface area contributed by atoms with Crippen LogP contribution in [-0.2, 0) is 11.3 Å². The van der Waals surface area contributed by atoms with Crippen molar-refractivity contribution >= 4 is 5.91 Å². The summed E-state index contributed by atoms with van der Waals surface area (Å²) in [7, 11) is 0. The van der Waals surface area contributed by atoms with Gasteiger partial charge in [0, 0.05) is 43.9 Å². The molecular formula is C21H25N3O. The van der Waals surface area contributed by atoms with Crippen LogP contribution in [0.4, 0.5) is 0 Å². The molecule has 25 heavy (non-hydrogen) atoms. The highest BCUT2D eigenvalue weighted by Crippen LogP contribution is 2.40. The second kappa shape index (κ2) is 6.96. The number of nitrogens with zero attached hydrogens (tertiary/aromatic N) is 2. The highest BCUT2D eigenvalue weighted by atomic mass is 16.1. The van der Waals surface area contributed by atoms with Gasteiger partial charge in [-0.3, -0.25) is 14.7 Å². The van der Waals surface area contributed by atoms with Crippen LogP contribution in [0.5, 0.6) is 0 Å². The standard InChI is InChI=1S/C21H25N3O/c25-20-11-4-6-12-21(23-20)16-24(14-17-8-2-1-3-9-17)15-18(21)19-10-5-7-13-22-19/h1-3,5,7-10,13,18H,4,6,11-12,14-16H2,(H,23,25)/t18-,21+/m0/s1. The van der Waals surface area contributed by atoms with Gasteiger partial charge in [0.1, 0.15) is 0 Å². The summed E-state index contributed by atoms with van der Waals surface area (Å²) >= 11 is 0. The predicted octanol–water partition coefficient (Wildman–Crippen LogP) is 3.11. The SMILES string of the molecule is O=C1CCCC[C@]2(CN(Cc3ccccc3)C[C@H]2c2ccccn2)N1. The van der Waals surface area contributed by atoms with Crippen molar-refractivity contribution in [3.8, 4) is 0 Å².